The molecule has 0 aliphatic carbocycles. The monoisotopic (exact) mass is 595 g/mol. The van der Waals surface area contributed by atoms with Crippen LogP contribution in [-0.4, -0.2) is 48.9 Å². The van der Waals surface area contributed by atoms with Gasteiger partial charge in [-0.15, -0.1) is 0 Å². The summed E-state index contributed by atoms with van der Waals surface area (Å²) >= 11 is 0. The van der Waals surface area contributed by atoms with E-state index in [-0.39, 0.29) is 18.9 Å². The van der Waals surface area contributed by atoms with E-state index in [2.05, 4.69) is 5.32 Å². The van der Waals surface area contributed by atoms with Crippen molar-refractivity contribution in [1.29, 1.82) is 0 Å². The molecule has 2 aliphatic heterocycles. The number of Topliss-reactive ketones (excluding diaryl/α,β-unsaturated/α-hetero) is 1. The third kappa shape index (κ3) is 5.54. The van der Waals surface area contributed by atoms with Crippen molar-refractivity contribution in [2.24, 2.45) is 0 Å². The van der Waals surface area contributed by atoms with Crippen molar-refractivity contribution >= 4 is 34.9 Å². The van der Waals surface area contributed by atoms with Gasteiger partial charge >= 0.3 is 0 Å². The Hall–Kier alpha value is -5.71. The molecule has 0 aromatic heterocycles. The van der Waals surface area contributed by atoms with Gasteiger partial charge < -0.3 is 24.4 Å². The molecule has 11 heteroatoms. The van der Waals surface area contributed by atoms with Crippen LogP contribution >= 0.6 is 0 Å². The van der Waals surface area contributed by atoms with Gasteiger partial charge in [-0.25, -0.2) is 4.39 Å². The highest BCUT2D eigenvalue weighted by molar-refractivity contribution is 6.52. The maximum Gasteiger partial charge on any atom is 0.299 e. The molecule has 1 atom stereocenters. The summed E-state index contributed by atoms with van der Waals surface area (Å²) in [6, 6.07) is 22.3. The van der Waals surface area contributed by atoms with Crippen molar-refractivity contribution in [2.45, 2.75) is 12.6 Å². The highest BCUT2D eigenvalue weighted by Gasteiger charge is 2.39. The quantitative estimate of drug-likeness (QED) is 0.284. The number of hydrogen-bond donors (Lipinski definition) is 1. The minimum atomic E-state index is -1.22. The number of methoxy groups -OCH3 is 1. The van der Waals surface area contributed by atoms with Crippen molar-refractivity contribution < 1.29 is 37.8 Å². The minimum absolute atomic E-state index is 0.0575. The van der Waals surface area contributed by atoms with E-state index in [0.29, 0.717) is 39.8 Å². The summed E-state index contributed by atoms with van der Waals surface area (Å²) in [5.74, 6) is -1.67. The SMILES string of the molecule is COc1ccc(C(C(=O)Nc2ccc3c(c2)OCO3)N(Cc2ccc(F)cc2)C(=O)CN2C(=O)C(=O)c3ccccc32)cc1. The second kappa shape index (κ2) is 11.9. The summed E-state index contributed by atoms with van der Waals surface area (Å²) in [6.45, 7) is -0.559. The predicted octanol–water partition coefficient (Wildman–Crippen LogP) is 4.50. The fraction of sp³-hybridized carbons (Fsp3) is 0.152. The van der Waals surface area contributed by atoms with Gasteiger partial charge in [0, 0.05) is 18.3 Å². The van der Waals surface area contributed by atoms with Crippen LogP contribution in [0.5, 0.6) is 17.2 Å². The lowest BCUT2D eigenvalue weighted by Gasteiger charge is -2.33. The number of hydrogen-bond acceptors (Lipinski definition) is 7. The van der Waals surface area contributed by atoms with E-state index in [1.54, 1.807) is 60.7 Å². The second-order valence-corrected chi connectivity index (χ2v) is 10.1. The number of carbonyl (C=O) groups excluding carboxylic acids is 4. The number of halogens is 1. The molecule has 10 nitrogen and oxygen atoms in total. The van der Waals surface area contributed by atoms with Gasteiger partial charge in [-0.2, -0.15) is 0 Å². The zero-order valence-corrected chi connectivity index (χ0v) is 23.5. The molecule has 2 aliphatic rings. The van der Waals surface area contributed by atoms with Crippen molar-refractivity contribution in [3.8, 4) is 17.2 Å². The molecule has 1 N–H and O–H groups in total. The number of ketones is 1. The standard InChI is InChI=1S/C33H26FN3O7/c1-42-24-13-8-21(9-14-24)30(32(40)35-23-12-15-27-28(16-23)44-19-43-27)37(17-20-6-10-22(34)11-7-20)29(38)18-36-26-5-3-2-4-25(26)31(39)33(36)41/h2-16,30H,17-19H2,1H3,(H,35,40). The van der Waals surface area contributed by atoms with Gasteiger partial charge in [0.1, 0.15) is 24.2 Å². The van der Waals surface area contributed by atoms with Gasteiger partial charge in [0.15, 0.2) is 11.5 Å². The molecule has 0 bridgehead atoms. The zero-order valence-electron chi connectivity index (χ0n) is 23.5. The van der Waals surface area contributed by atoms with Crippen LogP contribution in [0.3, 0.4) is 0 Å². The third-order valence-electron chi connectivity index (χ3n) is 7.39. The van der Waals surface area contributed by atoms with E-state index >= 15 is 0 Å². The first-order chi connectivity index (χ1) is 21.3. The van der Waals surface area contributed by atoms with Crippen LogP contribution in [0.2, 0.25) is 0 Å². The Balaban J connectivity index is 1.39. The van der Waals surface area contributed by atoms with Crippen LogP contribution in [0.4, 0.5) is 15.8 Å². The first-order valence-electron chi connectivity index (χ1n) is 13.7. The van der Waals surface area contributed by atoms with E-state index < -0.39 is 41.9 Å². The van der Waals surface area contributed by atoms with E-state index in [0.717, 1.165) is 4.90 Å². The maximum atomic E-state index is 14.2. The molecule has 4 aromatic carbocycles. The normalized spacial score (nSPS) is 13.8. The molecule has 0 saturated carbocycles. The maximum absolute atomic E-state index is 14.2. The van der Waals surface area contributed by atoms with Crippen LogP contribution < -0.4 is 24.4 Å². The predicted molar refractivity (Wildman–Crippen MR) is 157 cm³/mol. The number of fused-ring (bicyclic) bond motifs is 2. The molecular weight excluding hydrogens is 569 g/mol. The molecule has 4 aromatic rings. The smallest absolute Gasteiger partial charge is 0.299 e. The number of anilines is 2. The molecule has 44 heavy (non-hydrogen) atoms. The Morgan fingerprint density at radius 1 is 0.955 bits per heavy atom. The number of nitrogens with zero attached hydrogens (tertiary/aromatic N) is 2. The van der Waals surface area contributed by atoms with Gasteiger partial charge in [0.25, 0.3) is 17.6 Å². The van der Waals surface area contributed by atoms with Crippen LogP contribution in [0.15, 0.2) is 91.0 Å². The Labute approximate surface area is 251 Å². The van der Waals surface area contributed by atoms with Crippen LogP contribution in [0, 0.1) is 5.82 Å². The highest BCUT2D eigenvalue weighted by Crippen LogP contribution is 2.35. The van der Waals surface area contributed by atoms with Crippen LogP contribution in [0.25, 0.3) is 0 Å². The summed E-state index contributed by atoms with van der Waals surface area (Å²) < 4.78 is 29.9. The molecule has 3 amide bonds. The summed E-state index contributed by atoms with van der Waals surface area (Å²) in [6.07, 6.45) is 0. The molecule has 0 saturated heterocycles. The Kier molecular flexibility index (Phi) is 7.67. The largest absolute Gasteiger partial charge is 0.497 e. The average Bonchev–Trinajstić information content (AvgIpc) is 3.60. The number of benzene rings is 4. The minimum Gasteiger partial charge on any atom is -0.497 e. The lowest BCUT2D eigenvalue weighted by atomic mass is 10.0. The topological polar surface area (TPSA) is 114 Å². The molecule has 1 unspecified atom stereocenters. The van der Waals surface area contributed by atoms with Gasteiger partial charge in [-0.05, 0) is 59.7 Å². The number of ether oxygens (including phenoxy) is 3. The third-order valence-corrected chi connectivity index (χ3v) is 7.39. The number of carbonyl (C=O) groups is 4. The number of para-hydroxylation sites is 1. The van der Waals surface area contributed by atoms with E-state index in [9.17, 15) is 23.6 Å². The number of nitrogens with one attached hydrogen (secondary N) is 1. The van der Waals surface area contributed by atoms with Crippen molar-refractivity contribution in [3.05, 3.63) is 114 Å². The zero-order chi connectivity index (χ0) is 30.8. The van der Waals surface area contributed by atoms with Gasteiger partial charge in [-0.3, -0.25) is 24.1 Å². The molecule has 222 valence electrons. The summed E-state index contributed by atoms with van der Waals surface area (Å²) in [7, 11) is 1.51. The Morgan fingerprint density at radius 3 is 2.43 bits per heavy atom. The fourth-order valence-electron chi connectivity index (χ4n) is 5.19. The molecular formula is C33H26FN3O7. The Morgan fingerprint density at radius 2 is 1.68 bits per heavy atom. The van der Waals surface area contributed by atoms with Gasteiger partial charge in [0.2, 0.25) is 12.7 Å². The van der Waals surface area contributed by atoms with Gasteiger partial charge in [0.05, 0.1) is 18.4 Å². The fourth-order valence-corrected chi connectivity index (χ4v) is 5.19. The molecule has 6 rings (SSSR count). The number of rotatable bonds is 9. The Bertz CT molecular complexity index is 1760. The average molecular weight is 596 g/mol. The summed E-state index contributed by atoms with van der Waals surface area (Å²) in [5.41, 5.74) is 1.90. The van der Waals surface area contributed by atoms with Crippen molar-refractivity contribution in [2.75, 3.05) is 30.7 Å². The van der Waals surface area contributed by atoms with Crippen LogP contribution in [-0.2, 0) is 20.9 Å². The number of amides is 3. The molecule has 0 fully saturated rings. The molecule has 0 radical (unpaired) electrons. The van der Waals surface area contributed by atoms with Gasteiger partial charge in [-0.1, -0.05) is 36.4 Å². The summed E-state index contributed by atoms with van der Waals surface area (Å²) in [4.78, 5) is 56.3. The van der Waals surface area contributed by atoms with Crippen molar-refractivity contribution in [3.63, 3.8) is 0 Å². The summed E-state index contributed by atoms with van der Waals surface area (Å²) in [5, 5.41) is 2.86. The molecule has 0 spiro atoms. The highest BCUT2D eigenvalue weighted by atomic mass is 19.1. The lowest BCUT2D eigenvalue weighted by molar-refractivity contribution is -0.139. The second-order valence-electron chi connectivity index (χ2n) is 10.1. The first-order valence-corrected chi connectivity index (χ1v) is 13.7. The van der Waals surface area contributed by atoms with E-state index in [1.165, 1.54) is 42.3 Å². The van der Waals surface area contributed by atoms with Crippen molar-refractivity contribution in [1.82, 2.24) is 4.90 Å². The van der Waals surface area contributed by atoms with E-state index in [4.69, 9.17) is 14.2 Å². The van der Waals surface area contributed by atoms with E-state index in [1.807, 2.05) is 0 Å². The van der Waals surface area contributed by atoms with Crippen LogP contribution in [0.1, 0.15) is 27.5 Å². The molecule has 2 heterocycles. The lowest BCUT2D eigenvalue weighted by Crippen LogP contribution is -2.46. The first kappa shape index (κ1) is 28.4.